The molecule has 3 aliphatic heterocycles. The van der Waals surface area contributed by atoms with Gasteiger partial charge in [-0.1, -0.05) is 27.2 Å². The lowest BCUT2D eigenvalue weighted by molar-refractivity contribution is -0.259. The van der Waals surface area contributed by atoms with Crippen LogP contribution < -0.4 is 0 Å². The van der Waals surface area contributed by atoms with E-state index in [1.807, 2.05) is 0 Å². The first kappa shape index (κ1) is 19.2. The van der Waals surface area contributed by atoms with Crippen molar-refractivity contribution in [2.75, 3.05) is 0 Å². The third-order valence-corrected chi connectivity index (χ3v) is 6.34. The standard InChI is InChI=1S/C20H30O7/c1-9(2)11-7-6-10(3)8-12(11)23-17(21)13-14-15-16(27-20(4,5)26-15)19(24-14)25-18(13)22/h9-16,19H,6-8H2,1-5H3/t10?,11?,12?,13?,14-,15-,16-,19+/m0/s1. The van der Waals surface area contributed by atoms with Crippen LogP contribution in [0.25, 0.3) is 0 Å². The van der Waals surface area contributed by atoms with Crippen LogP contribution in [0, 0.1) is 23.7 Å². The highest BCUT2D eigenvalue weighted by molar-refractivity contribution is 5.96. The summed E-state index contributed by atoms with van der Waals surface area (Å²) in [7, 11) is 0. The van der Waals surface area contributed by atoms with Crippen LogP contribution in [0.2, 0.25) is 0 Å². The normalized spacial score (nSPS) is 45.5. The average molecular weight is 382 g/mol. The first-order valence-corrected chi connectivity index (χ1v) is 10.1. The van der Waals surface area contributed by atoms with Gasteiger partial charge in [0.15, 0.2) is 17.8 Å². The number of rotatable bonds is 3. The second-order valence-electron chi connectivity index (χ2n) is 9.25. The molecule has 1 saturated carbocycles. The van der Waals surface area contributed by atoms with Gasteiger partial charge in [-0.05, 0) is 44.4 Å². The van der Waals surface area contributed by atoms with Crippen molar-refractivity contribution in [2.45, 2.75) is 90.4 Å². The van der Waals surface area contributed by atoms with E-state index in [9.17, 15) is 9.59 Å². The maximum absolute atomic E-state index is 13.0. The lowest BCUT2D eigenvalue weighted by Gasteiger charge is -2.38. The largest absolute Gasteiger partial charge is 0.461 e. The van der Waals surface area contributed by atoms with Gasteiger partial charge in [0.2, 0.25) is 6.29 Å². The van der Waals surface area contributed by atoms with Crippen molar-refractivity contribution in [3.8, 4) is 0 Å². The van der Waals surface area contributed by atoms with Gasteiger partial charge in [-0.2, -0.15) is 0 Å². The Morgan fingerprint density at radius 2 is 1.85 bits per heavy atom. The van der Waals surface area contributed by atoms with Gasteiger partial charge < -0.3 is 23.7 Å². The van der Waals surface area contributed by atoms with Crippen molar-refractivity contribution in [2.24, 2.45) is 23.7 Å². The SMILES string of the molecule is CC1CCC(C(C)C)C(OC(=O)C2C(=O)O[C@H]3O[C@@H]2[C@@H]2OC(C)(C)O[C@H]32)C1. The Kier molecular flexibility index (Phi) is 4.76. The van der Waals surface area contributed by atoms with E-state index in [0.717, 1.165) is 19.3 Å². The molecule has 4 aliphatic rings. The van der Waals surface area contributed by atoms with Gasteiger partial charge >= 0.3 is 11.9 Å². The number of ether oxygens (including phenoxy) is 5. The lowest BCUT2D eigenvalue weighted by atomic mass is 9.75. The van der Waals surface area contributed by atoms with Crippen LogP contribution >= 0.6 is 0 Å². The zero-order valence-corrected chi connectivity index (χ0v) is 16.7. The molecule has 7 nitrogen and oxygen atoms in total. The molecule has 3 heterocycles. The second-order valence-corrected chi connectivity index (χ2v) is 9.25. The van der Waals surface area contributed by atoms with E-state index < -0.39 is 48.2 Å². The minimum Gasteiger partial charge on any atom is -0.461 e. The Balaban J connectivity index is 1.50. The van der Waals surface area contributed by atoms with Crippen molar-refractivity contribution in [3.63, 3.8) is 0 Å². The van der Waals surface area contributed by atoms with Crippen LogP contribution in [0.5, 0.6) is 0 Å². The Morgan fingerprint density at radius 3 is 2.56 bits per heavy atom. The summed E-state index contributed by atoms with van der Waals surface area (Å²) in [5.74, 6) is -1.88. The second kappa shape index (κ2) is 6.71. The van der Waals surface area contributed by atoms with Gasteiger partial charge in [0.25, 0.3) is 0 Å². The summed E-state index contributed by atoms with van der Waals surface area (Å²) in [5.41, 5.74) is 0. The molecule has 0 aromatic carbocycles. The first-order chi connectivity index (χ1) is 12.7. The quantitative estimate of drug-likeness (QED) is 0.548. The molecule has 2 bridgehead atoms. The van der Waals surface area contributed by atoms with Crippen LogP contribution in [-0.4, -0.2) is 48.4 Å². The fraction of sp³-hybridized carbons (Fsp3) is 0.900. The maximum Gasteiger partial charge on any atom is 0.325 e. The first-order valence-electron chi connectivity index (χ1n) is 10.1. The van der Waals surface area contributed by atoms with Crippen LogP contribution in [0.15, 0.2) is 0 Å². The number of carbonyl (C=O) groups is 2. The van der Waals surface area contributed by atoms with Gasteiger partial charge in [-0.25, -0.2) is 0 Å². The third-order valence-electron chi connectivity index (χ3n) is 6.34. The van der Waals surface area contributed by atoms with Crippen molar-refractivity contribution in [1.29, 1.82) is 0 Å². The summed E-state index contributed by atoms with van der Waals surface area (Å²) in [6.45, 7) is 10.1. The lowest BCUT2D eigenvalue weighted by Crippen LogP contribution is -2.49. The minimum atomic E-state index is -1.13. The van der Waals surface area contributed by atoms with Gasteiger partial charge in [0, 0.05) is 0 Å². The Bertz CT molecular complexity index is 615. The average Bonchev–Trinajstić information content (AvgIpc) is 3.00. The summed E-state index contributed by atoms with van der Waals surface area (Å²) in [6.07, 6.45) is 0.240. The fourth-order valence-corrected chi connectivity index (χ4v) is 4.98. The molecular weight excluding hydrogens is 352 g/mol. The predicted molar refractivity (Wildman–Crippen MR) is 93.3 cm³/mol. The summed E-state index contributed by atoms with van der Waals surface area (Å²) in [4.78, 5) is 25.5. The van der Waals surface area contributed by atoms with Crippen LogP contribution in [0.3, 0.4) is 0 Å². The fourth-order valence-electron chi connectivity index (χ4n) is 4.98. The number of hydrogen-bond acceptors (Lipinski definition) is 7. The molecule has 0 amide bonds. The molecule has 8 atom stereocenters. The summed E-state index contributed by atoms with van der Waals surface area (Å²) < 4.78 is 28.7. The van der Waals surface area contributed by atoms with Crippen molar-refractivity contribution in [3.05, 3.63) is 0 Å². The number of carbonyl (C=O) groups excluding carboxylic acids is 2. The molecule has 0 aromatic heterocycles. The Hall–Kier alpha value is -1.18. The molecule has 0 aromatic rings. The summed E-state index contributed by atoms with van der Waals surface area (Å²) in [5, 5.41) is 0. The van der Waals surface area contributed by atoms with Gasteiger partial charge in [0.05, 0.1) is 0 Å². The smallest absolute Gasteiger partial charge is 0.325 e. The number of fused-ring (bicyclic) bond motifs is 5. The number of esters is 2. The van der Waals surface area contributed by atoms with Crippen LogP contribution in [-0.2, 0) is 33.3 Å². The van der Waals surface area contributed by atoms with E-state index in [0.29, 0.717) is 17.8 Å². The molecular formula is C20H30O7. The predicted octanol–water partition coefficient (Wildman–Crippen LogP) is 2.41. The molecule has 1 aliphatic carbocycles. The van der Waals surface area contributed by atoms with Crippen LogP contribution in [0.1, 0.15) is 53.9 Å². The molecule has 7 heteroatoms. The molecule has 0 spiro atoms. The van der Waals surface area contributed by atoms with E-state index in [4.69, 9.17) is 23.7 Å². The van der Waals surface area contributed by atoms with Crippen molar-refractivity contribution >= 4 is 11.9 Å². The van der Waals surface area contributed by atoms with E-state index >= 15 is 0 Å². The minimum absolute atomic E-state index is 0.179. The van der Waals surface area contributed by atoms with Gasteiger partial charge in [0.1, 0.15) is 18.3 Å². The molecule has 4 unspecified atom stereocenters. The highest BCUT2D eigenvalue weighted by atomic mass is 16.8. The molecule has 3 saturated heterocycles. The summed E-state index contributed by atoms with van der Waals surface area (Å²) in [6, 6.07) is 0. The topological polar surface area (TPSA) is 80.3 Å². The highest BCUT2D eigenvalue weighted by Crippen LogP contribution is 2.45. The van der Waals surface area contributed by atoms with Crippen molar-refractivity contribution < 1.29 is 33.3 Å². The Morgan fingerprint density at radius 1 is 1.15 bits per heavy atom. The van der Waals surface area contributed by atoms with E-state index in [1.165, 1.54) is 0 Å². The number of hydrogen-bond donors (Lipinski definition) is 0. The van der Waals surface area contributed by atoms with Crippen molar-refractivity contribution in [1.82, 2.24) is 0 Å². The maximum atomic E-state index is 13.0. The molecule has 152 valence electrons. The molecule has 0 N–H and O–H groups in total. The van der Waals surface area contributed by atoms with Gasteiger partial charge in [-0.3, -0.25) is 9.59 Å². The van der Waals surface area contributed by atoms with Gasteiger partial charge in [-0.15, -0.1) is 0 Å². The molecule has 4 rings (SSSR count). The zero-order valence-electron chi connectivity index (χ0n) is 16.7. The van der Waals surface area contributed by atoms with Crippen LogP contribution in [0.4, 0.5) is 0 Å². The zero-order chi connectivity index (χ0) is 19.5. The highest BCUT2D eigenvalue weighted by Gasteiger charge is 2.65. The monoisotopic (exact) mass is 382 g/mol. The molecule has 0 radical (unpaired) electrons. The third kappa shape index (κ3) is 3.38. The molecule has 4 fully saturated rings. The van der Waals surface area contributed by atoms with E-state index in [-0.39, 0.29) is 6.10 Å². The summed E-state index contributed by atoms with van der Waals surface area (Å²) >= 11 is 0. The molecule has 27 heavy (non-hydrogen) atoms. The Labute approximate surface area is 160 Å². The van der Waals surface area contributed by atoms with E-state index in [2.05, 4.69) is 20.8 Å². The van der Waals surface area contributed by atoms with E-state index in [1.54, 1.807) is 13.8 Å².